The van der Waals surface area contributed by atoms with Crippen LogP contribution in [0.25, 0.3) is 0 Å². The van der Waals surface area contributed by atoms with E-state index >= 15 is 0 Å². The Balaban J connectivity index is 0.000000154. The van der Waals surface area contributed by atoms with Gasteiger partial charge in [-0.3, -0.25) is 0 Å². The summed E-state index contributed by atoms with van der Waals surface area (Å²) in [7, 11) is 0. The molecule has 16 fully saturated rings. The Morgan fingerprint density at radius 2 is 0.540 bits per heavy atom. The Morgan fingerprint density at radius 1 is 0.277 bits per heavy atom. The van der Waals surface area contributed by atoms with Gasteiger partial charge in [0, 0.05) is 19.6 Å². The molecule has 0 aromatic heterocycles. The number of aliphatic hydroxyl groups is 1. The van der Waals surface area contributed by atoms with Crippen molar-refractivity contribution < 1.29 is 184 Å². The average molecular weight is 2040 g/mol. The molecule has 41 heteroatoms. The number of ether oxygens (including phenoxy) is 8. The van der Waals surface area contributed by atoms with Gasteiger partial charge in [0.05, 0.1) is 0 Å². The standard InChI is InChI=1S/C23H32F6O2.C19H28F6O3.C18H26F6O3.C18H26F6O2.C18H24F6O/c1-11-12(2)16-9-15(11)19-13-7-14(17(8-13)20(16)19)10-21(22(24,25)26,23(27,28)29)31-18-5-3-4-6-30-18;1-10-11(2)14-7-12(10)6-13(14)8-17(18(20,21)22,19(23,24)25)27-9-15(26)28-16(3,4)5;1-9-10(2)13-7-11(9)6-12(13)8-16(17(19,20)21,18(22,23)24)27-14(25)26-15(3,4)5;1-10-11(2)14-8-12(10)7-13(14)9-16(17(19,20)21,18(22,23)24)26-15-5-3-4-6-25-15;1-7-8(2)12-5-11(7)14-9-3-10(13(4-9)15(12)14)6-16(25,17(19,20)21)18(22,23)24/h11-20H,3-10H2,1-2H3;10-14H,6-9H2,1-5H3;9-13H,6-8H2,1-5H3;10-15H,3-9H2,1-2H3;7-15,25H,3-6H2,1-2H3. The summed E-state index contributed by atoms with van der Waals surface area (Å²) >= 11 is 0. The van der Waals surface area contributed by atoms with E-state index in [-0.39, 0.29) is 127 Å². The summed E-state index contributed by atoms with van der Waals surface area (Å²) in [5.74, 6) is 2.58. The Labute approximate surface area is 780 Å². The van der Waals surface area contributed by atoms with Crippen LogP contribution < -0.4 is 0 Å². The van der Waals surface area contributed by atoms with Gasteiger partial charge in [0.1, 0.15) is 17.8 Å². The van der Waals surface area contributed by atoms with Crippen molar-refractivity contribution in [1.29, 1.82) is 0 Å². The van der Waals surface area contributed by atoms with Crippen molar-refractivity contribution in [2.24, 2.45) is 195 Å². The van der Waals surface area contributed by atoms with Crippen LogP contribution in [0.3, 0.4) is 0 Å². The van der Waals surface area contributed by atoms with Crippen molar-refractivity contribution in [2.75, 3.05) is 19.8 Å². The molecule has 16 rings (SSSR count). The summed E-state index contributed by atoms with van der Waals surface area (Å²) in [4.78, 5) is 23.5. The summed E-state index contributed by atoms with van der Waals surface area (Å²) in [6.45, 7) is 27.8. The maximum absolute atomic E-state index is 14.2. The molecule has 2 aliphatic heterocycles. The Bertz CT molecular complexity index is 3970. The zero-order chi connectivity index (χ0) is 103. The lowest BCUT2D eigenvalue weighted by atomic mass is 9.61. The van der Waals surface area contributed by atoms with E-state index in [2.05, 4.69) is 41.9 Å². The Hall–Kier alpha value is -3.60. The number of halogens is 30. The Kier molecular flexibility index (Phi) is 31.6. The zero-order valence-electron chi connectivity index (χ0n) is 80.0. The van der Waals surface area contributed by atoms with Crippen molar-refractivity contribution in [2.45, 2.75) is 372 Å². The van der Waals surface area contributed by atoms with E-state index < -0.39 is 194 Å². The smallest absolute Gasteiger partial charge is 0.458 e. The molecular formula is C96H136F30O11. The molecular weight excluding hydrogens is 1900 g/mol. The number of carbonyl (C=O) groups is 2. The fourth-order valence-corrected chi connectivity index (χ4v) is 30.8. The molecule has 0 amide bonds. The summed E-state index contributed by atoms with van der Waals surface area (Å²) in [5.41, 5.74) is -24.2. The largest absolute Gasteiger partial charge is 0.510 e. The van der Waals surface area contributed by atoms with Gasteiger partial charge >= 0.3 is 79.5 Å². The normalized spacial score (nSPS) is 39.7. The third-order valence-corrected chi connectivity index (χ3v) is 37.9. The summed E-state index contributed by atoms with van der Waals surface area (Å²) in [5, 5.41) is 9.59. The van der Waals surface area contributed by atoms with E-state index in [9.17, 15) is 146 Å². The molecule has 0 aromatic carbocycles. The molecule has 0 aromatic rings. The molecule has 2 heterocycles. The molecule has 137 heavy (non-hydrogen) atoms. The molecule has 0 radical (unpaired) electrons. The molecule has 796 valence electrons. The number of carbonyl (C=O) groups excluding carboxylic acids is 2. The van der Waals surface area contributed by atoms with Crippen molar-refractivity contribution in [3.05, 3.63) is 0 Å². The molecule has 16 aliphatic rings. The molecule has 0 spiro atoms. The van der Waals surface area contributed by atoms with Gasteiger partial charge in [-0.1, -0.05) is 69.2 Å². The molecule has 14 aliphatic carbocycles. The number of alkyl halides is 30. The highest BCUT2D eigenvalue weighted by atomic mass is 19.5. The molecule has 11 nitrogen and oxygen atoms in total. The predicted molar refractivity (Wildman–Crippen MR) is 435 cm³/mol. The number of hydrogen-bond donors (Lipinski definition) is 1. The van der Waals surface area contributed by atoms with Crippen LogP contribution in [-0.2, 0) is 42.7 Å². The van der Waals surface area contributed by atoms with Crippen LogP contribution in [0.5, 0.6) is 0 Å². The van der Waals surface area contributed by atoms with Crippen molar-refractivity contribution in [3.63, 3.8) is 0 Å². The van der Waals surface area contributed by atoms with Gasteiger partial charge in [0.25, 0.3) is 22.4 Å². The maximum Gasteiger partial charge on any atom is 0.510 e. The highest BCUT2D eigenvalue weighted by Gasteiger charge is 2.81. The highest BCUT2D eigenvalue weighted by molar-refractivity contribution is 5.71. The van der Waals surface area contributed by atoms with Crippen LogP contribution in [0, 0.1) is 195 Å². The number of fused-ring (bicyclic) bond motifs is 24. The van der Waals surface area contributed by atoms with E-state index in [0.29, 0.717) is 135 Å². The first-order valence-electron chi connectivity index (χ1n) is 49.0. The monoisotopic (exact) mass is 2030 g/mol. The Morgan fingerprint density at radius 3 is 0.810 bits per heavy atom. The second-order valence-electron chi connectivity index (χ2n) is 46.7. The topological polar surface area (TPSA) is 128 Å². The van der Waals surface area contributed by atoms with E-state index in [1.807, 2.05) is 41.5 Å². The van der Waals surface area contributed by atoms with Gasteiger partial charge in [-0.05, 0) is 378 Å². The van der Waals surface area contributed by atoms with Crippen LogP contribution in [0.4, 0.5) is 137 Å². The van der Waals surface area contributed by atoms with Crippen LogP contribution in [0.15, 0.2) is 0 Å². The molecule has 2 saturated heterocycles. The van der Waals surface area contributed by atoms with E-state index in [4.69, 9.17) is 23.7 Å². The maximum atomic E-state index is 14.2. The molecule has 35 atom stereocenters. The van der Waals surface area contributed by atoms with Crippen molar-refractivity contribution in [1.82, 2.24) is 0 Å². The van der Waals surface area contributed by atoms with Crippen LogP contribution >= 0.6 is 0 Å². The summed E-state index contributed by atoms with van der Waals surface area (Å²) in [6.07, 6.45) is -57.3. The van der Waals surface area contributed by atoms with Crippen molar-refractivity contribution >= 4 is 12.1 Å². The van der Waals surface area contributed by atoms with E-state index in [1.54, 1.807) is 0 Å². The van der Waals surface area contributed by atoms with Gasteiger partial charge in [0.2, 0.25) is 0 Å². The lowest BCUT2D eigenvalue weighted by Gasteiger charge is -2.47. The second kappa shape index (κ2) is 38.6. The van der Waals surface area contributed by atoms with Gasteiger partial charge in [-0.25, -0.2) is 9.59 Å². The quantitative estimate of drug-likeness (QED) is 0.0800. The number of hydrogen-bond acceptors (Lipinski definition) is 11. The van der Waals surface area contributed by atoms with Gasteiger partial charge < -0.3 is 43.0 Å². The highest BCUT2D eigenvalue weighted by Crippen LogP contribution is 2.76. The second-order valence-corrected chi connectivity index (χ2v) is 46.7. The first kappa shape index (κ1) is 112. The van der Waals surface area contributed by atoms with Gasteiger partial charge in [-0.15, -0.1) is 0 Å². The molecule has 14 bridgehead atoms. The van der Waals surface area contributed by atoms with Crippen LogP contribution in [0.1, 0.15) is 258 Å². The summed E-state index contributed by atoms with van der Waals surface area (Å²) in [6, 6.07) is 0. The number of rotatable bonds is 18. The summed E-state index contributed by atoms with van der Waals surface area (Å²) < 4.78 is 448. The van der Waals surface area contributed by atoms with Crippen molar-refractivity contribution in [3.8, 4) is 0 Å². The fourth-order valence-electron chi connectivity index (χ4n) is 30.8. The van der Waals surface area contributed by atoms with Gasteiger partial charge in [0.15, 0.2) is 12.6 Å². The SMILES string of the molecule is CC1C(C)C2CC1C1C3CC(CC(O)(C(F)(F)F)C(F)(F)F)C(C3)C21.CC1C(C)C2CC1C1C3CC(CC(OC4CCCCO4)(C(F)(F)F)C(F)(F)F)C(C3)C21.CC1C2CC(CC(OC(=O)OC(C)(C)C)(C(F)(F)F)C(F)(F)F)C(C2)C1C.CC1C2CC(CC(OC3CCCCO3)(C(F)(F)F)C(F)(F)F)C(C2)C1C.CC1C2CC(CC(OCC(=O)OC(C)(C)C)(C(F)(F)F)C(F)(F)F)C(C2)C1C. The third-order valence-electron chi connectivity index (χ3n) is 37.9. The lowest BCUT2D eigenvalue weighted by molar-refractivity contribution is -0.416. The first-order chi connectivity index (χ1) is 62.2. The first-order valence-corrected chi connectivity index (χ1v) is 49.0. The molecule has 14 saturated carbocycles. The van der Waals surface area contributed by atoms with Crippen LogP contribution in [-0.4, -0.2) is 151 Å². The third kappa shape index (κ3) is 21.1. The van der Waals surface area contributed by atoms with Gasteiger partial charge in [-0.2, -0.15) is 132 Å². The minimum absolute atomic E-state index is 0.0365. The molecule has 1 N–H and O–H groups in total. The minimum atomic E-state index is -5.81. The molecule has 35 unspecified atom stereocenters. The van der Waals surface area contributed by atoms with E-state index in [0.717, 1.165) is 32.1 Å². The minimum Gasteiger partial charge on any atom is -0.458 e. The van der Waals surface area contributed by atoms with E-state index in [1.165, 1.54) is 41.5 Å². The zero-order valence-corrected chi connectivity index (χ0v) is 80.0. The predicted octanol–water partition coefficient (Wildman–Crippen LogP) is 29.0. The fraction of sp³-hybridized carbons (Fsp3) is 0.979. The lowest BCUT2D eigenvalue weighted by Crippen LogP contribution is -2.62. The number of esters is 1. The average Bonchev–Trinajstić information content (AvgIpc) is 1.53. The van der Waals surface area contributed by atoms with Crippen LogP contribution in [0.2, 0.25) is 0 Å².